The molecule has 104 valence electrons. The number of carbonyl (C=O) groups is 1. The Kier molecular flexibility index (Phi) is 4.91. The molecule has 0 aromatic heterocycles. The summed E-state index contributed by atoms with van der Waals surface area (Å²) < 4.78 is 0. The molecule has 0 saturated heterocycles. The third kappa shape index (κ3) is 4.52. The largest absolute Gasteiger partial charge is 0.478 e. The minimum atomic E-state index is -0.939. The summed E-state index contributed by atoms with van der Waals surface area (Å²) in [6.07, 6.45) is 5.74. The molecular formula is C16H18N2O2. The Hall–Kier alpha value is -2.12. The van der Waals surface area contributed by atoms with Gasteiger partial charge in [0, 0.05) is 31.6 Å². The van der Waals surface area contributed by atoms with Gasteiger partial charge in [-0.3, -0.25) is 4.90 Å². The summed E-state index contributed by atoms with van der Waals surface area (Å²) in [6, 6.07) is 10.7. The summed E-state index contributed by atoms with van der Waals surface area (Å²) >= 11 is 0. The highest BCUT2D eigenvalue weighted by Crippen LogP contribution is 2.28. The summed E-state index contributed by atoms with van der Waals surface area (Å²) in [6.45, 7) is 1.68. The Bertz CT molecular complexity index is 524. The molecule has 1 fully saturated rings. The van der Waals surface area contributed by atoms with Crippen molar-refractivity contribution in [3.63, 3.8) is 0 Å². The van der Waals surface area contributed by atoms with Crippen molar-refractivity contribution in [3.05, 3.63) is 41.5 Å². The van der Waals surface area contributed by atoms with E-state index in [1.165, 1.54) is 18.4 Å². The van der Waals surface area contributed by atoms with Crippen LogP contribution in [0.4, 0.5) is 0 Å². The molecule has 0 atom stereocenters. The van der Waals surface area contributed by atoms with Crippen molar-refractivity contribution < 1.29 is 9.90 Å². The van der Waals surface area contributed by atoms with Gasteiger partial charge in [-0.2, -0.15) is 5.26 Å². The van der Waals surface area contributed by atoms with Gasteiger partial charge in [0.1, 0.15) is 0 Å². The van der Waals surface area contributed by atoms with Crippen LogP contribution in [0.15, 0.2) is 30.3 Å². The van der Waals surface area contributed by atoms with Gasteiger partial charge >= 0.3 is 5.97 Å². The normalized spacial score (nSPS) is 14.6. The zero-order chi connectivity index (χ0) is 14.4. The zero-order valence-electron chi connectivity index (χ0n) is 11.3. The van der Waals surface area contributed by atoms with E-state index in [1.807, 2.05) is 24.3 Å². The average Bonchev–Trinajstić information content (AvgIpc) is 3.27. The lowest BCUT2D eigenvalue weighted by molar-refractivity contribution is -0.131. The second-order valence-corrected chi connectivity index (χ2v) is 5.02. The van der Waals surface area contributed by atoms with Crippen LogP contribution in [0.5, 0.6) is 0 Å². The number of benzene rings is 1. The smallest absolute Gasteiger partial charge is 0.328 e. The highest BCUT2D eigenvalue weighted by atomic mass is 16.4. The van der Waals surface area contributed by atoms with Gasteiger partial charge in [-0.1, -0.05) is 24.3 Å². The third-order valence-corrected chi connectivity index (χ3v) is 3.36. The summed E-state index contributed by atoms with van der Waals surface area (Å²) in [5, 5.41) is 17.3. The first-order chi connectivity index (χ1) is 9.69. The highest BCUT2D eigenvalue weighted by molar-refractivity contribution is 5.85. The molecule has 20 heavy (non-hydrogen) atoms. The molecule has 0 radical (unpaired) electrons. The standard InChI is InChI=1S/C16H18N2O2/c17-10-1-11-18(15-7-8-15)12-14-4-2-13(3-5-14)6-9-16(19)20/h2-6,9,15H,1,7-8,11-12H2,(H,19,20). The molecule has 1 N–H and O–H groups in total. The van der Waals surface area contributed by atoms with Crippen LogP contribution in [0.3, 0.4) is 0 Å². The van der Waals surface area contributed by atoms with Crippen LogP contribution in [0.1, 0.15) is 30.4 Å². The van der Waals surface area contributed by atoms with Gasteiger partial charge in [0.2, 0.25) is 0 Å². The first-order valence-corrected chi connectivity index (χ1v) is 6.80. The molecule has 0 spiro atoms. The molecule has 1 aromatic rings. The van der Waals surface area contributed by atoms with E-state index >= 15 is 0 Å². The van der Waals surface area contributed by atoms with E-state index in [4.69, 9.17) is 10.4 Å². The van der Waals surface area contributed by atoms with E-state index in [-0.39, 0.29) is 0 Å². The van der Waals surface area contributed by atoms with E-state index in [0.29, 0.717) is 12.5 Å². The van der Waals surface area contributed by atoms with Gasteiger partial charge in [0.15, 0.2) is 0 Å². The van der Waals surface area contributed by atoms with Gasteiger partial charge in [-0.15, -0.1) is 0 Å². The number of hydrogen-bond acceptors (Lipinski definition) is 3. The average molecular weight is 270 g/mol. The molecule has 1 saturated carbocycles. The molecule has 1 aromatic carbocycles. The Morgan fingerprint density at radius 1 is 1.40 bits per heavy atom. The number of nitrogens with zero attached hydrogens (tertiary/aromatic N) is 2. The molecule has 0 amide bonds. The fraction of sp³-hybridized carbons (Fsp3) is 0.375. The number of carboxylic acids is 1. The van der Waals surface area contributed by atoms with Crippen LogP contribution in [-0.4, -0.2) is 28.6 Å². The lowest BCUT2D eigenvalue weighted by atomic mass is 10.1. The Morgan fingerprint density at radius 3 is 2.65 bits per heavy atom. The van der Waals surface area contributed by atoms with E-state index in [2.05, 4.69) is 11.0 Å². The number of hydrogen-bond donors (Lipinski definition) is 1. The Morgan fingerprint density at radius 2 is 2.10 bits per heavy atom. The molecule has 0 unspecified atom stereocenters. The zero-order valence-corrected chi connectivity index (χ0v) is 11.3. The number of nitriles is 1. The molecular weight excluding hydrogens is 252 g/mol. The van der Waals surface area contributed by atoms with Crippen LogP contribution in [0.2, 0.25) is 0 Å². The highest BCUT2D eigenvalue weighted by Gasteiger charge is 2.28. The predicted octanol–water partition coefficient (Wildman–Crippen LogP) is 2.66. The SMILES string of the molecule is N#CCCN(Cc1ccc(C=CC(=O)O)cc1)C1CC1. The maximum absolute atomic E-state index is 10.4. The second kappa shape index (κ2) is 6.88. The van der Waals surface area contributed by atoms with Crippen LogP contribution < -0.4 is 0 Å². The van der Waals surface area contributed by atoms with E-state index in [9.17, 15) is 4.79 Å². The maximum Gasteiger partial charge on any atom is 0.328 e. The van der Waals surface area contributed by atoms with Gasteiger partial charge in [0.05, 0.1) is 6.07 Å². The monoisotopic (exact) mass is 270 g/mol. The van der Waals surface area contributed by atoms with Crippen LogP contribution in [0.25, 0.3) is 6.08 Å². The fourth-order valence-electron chi connectivity index (χ4n) is 2.16. The maximum atomic E-state index is 10.4. The van der Waals surface area contributed by atoms with Crippen molar-refractivity contribution in [1.29, 1.82) is 5.26 Å². The third-order valence-electron chi connectivity index (χ3n) is 3.36. The minimum Gasteiger partial charge on any atom is -0.478 e. The molecule has 0 heterocycles. The van der Waals surface area contributed by atoms with Gasteiger partial charge in [0.25, 0.3) is 0 Å². The van der Waals surface area contributed by atoms with Crippen molar-refractivity contribution >= 4 is 12.0 Å². The summed E-state index contributed by atoms with van der Waals surface area (Å²) in [5.41, 5.74) is 2.08. The first kappa shape index (κ1) is 14.3. The van der Waals surface area contributed by atoms with Crippen molar-refractivity contribution in [1.82, 2.24) is 4.90 Å². The van der Waals surface area contributed by atoms with Gasteiger partial charge in [-0.05, 0) is 30.0 Å². The summed E-state index contributed by atoms with van der Waals surface area (Å²) in [5.74, 6) is -0.939. The first-order valence-electron chi connectivity index (χ1n) is 6.80. The fourth-order valence-corrected chi connectivity index (χ4v) is 2.16. The van der Waals surface area contributed by atoms with Crippen molar-refractivity contribution in [2.24, 2.45) is 0 Å². The molecule has 1 aliphatic carbocycles. The van der Waals surface area contributed by atoms with Crippen molar-refractivity contribution in [2.75, 3.05) is 6.54 Å². The number of carboxylic acid groups (broad SMARTS) is 1. The number of rotatable bonds is 7. The van der Waals surface area contributed by atoms with Crippen LogP contribution >= 0.6 is 0 Å². The molecule has 4 nitrogen and oxygen atoms in total. The number of aliphatic carboxylic acids is 1. The topological polar surface area (TPSA) is 64.3 Å². The van der Waals surface area contributed by atoms with E-state index in [0.717, 1.165) is 24.7 Å². The van der Waals surface area contributed by atoms with Crippen molar-refractivity contribution in [3.8, 4) is 6.07 Å². The Balaban J connectivity index is 1.95. The minimum absolute atomic E-state index is 0.565. The van der Waals surface area contributed by atoms with Crippen LogP contribution in [0, 0.1) is 11.3 Å². The van der Waals surface area contributed by atoms with Crippen LogP contribution in [-0.2, 0) is 11.3 Å². The second-order valence-electron chi connectivity index (χ2n) is 5.02. The van der Waals surface area contributed by atoms with E-state index in [1.54, 1.807) is 6.08 Å². The Labute approximate surface area is 118 Å². The lowest BCUT2D eigenvalue weighted by Gasteiger charge is -2.20. The summed E-state index contributed by atoms with van der Waals surface area (Å²) in [4.78, 5) is 12.8. The molecule has 4 heteroatoms. The molecule has 0 bridgehead atoms. The molecule has 2 rings (SSSR count). The van der Waals surface area contributed by atoms with Gasteiger partial charge in [-0.25, -0.2) is 4.79 Å². The molecule has 1 aliphatic rings. The lowest BCUT2D eigenvalue weighted by Crippen LogP contribution is -2.26. The van der Waals surface area contributed by atoms with Crippen molar-refractivity contribution in [2.45, 2.75) is 31.8 Å². The molecule has 0 aliphatic heterocycles. The van der Waals surface area contributed by atoms with E-state index < -0.39 is 5.97 Å². The predicted molar refractivity (Wildman–Crippen MR) is 76.8 cm³/mol. The quantitative estimate of drug-likeness (QED) is 0.774. The summed E-state index contributed by atoms with van der Waals surface area (Å²) in [7, 11) is 0. The van der Waals surface area contributed by atoms with Gasteiger partial charge < -0.3 is 5.11 Å².